The van der Waals surface area contributed by atoms with Gasteiger partial charge in [-0.1, -0.05) is 20.3 Å². The summed E-state index contributed by atoms with van der Waals surface area (Å²) in [5.74, 6) is -0.750. The number of carboxylic acid groups (broad SMARTS) is 1. The number of hydrogen-bond donors (Lipinski definition) is 1. The van der Waals surface area contributed by atoms with Crippen molar-refractivity contribution in [3.05, 3.63) is 0 Å². The van der Waals surface area contributed by atoms with E-state index in [9.17, 15) is 4.79 Å². The second-order valence-corrected chi connectivity index (χ2v) is 2.91. The van der Waals surface area contributed by atoms with Crippen molar-refractivity contribution < 1.29 is 9.90 Å². The lowest BCUT2D eigenvalue weighted by atomic mass is 10.4. The third kappa shape index (κ3) is 9.32. The minimum atomic E-state index is -0.750. The molecule has 1 rings (SSSR count). The van der Waals surface area contributed by atoms with Crippen molar-refractivity contribution in [1.82, 2.24) is 4.90 Å². The van der Waals surface area contributed by atoms with Gasteiger partial charge in [-0.2, -0.15) is 0 Å². The quantitative estimate of drug-likeness (QED) is 0.790. The highest BCUT2D eigenvalue weighted by Gasteiger charge is 2.06. The van der Waals surface area contributed by atoms with Crippen LogP contribution >= 0.6 is 12.4 Å². The van der Waals surface area contributed by atoms with Crippen molar-refractivity contribution in [3.8, 4) is 0 Å². The van der Waals surface area contributed by atoms with E-state index >= 15 is 0 Å². The van der Waals surface area contributed by atoms with Crippen molar-refractivity contribution in [1.29, 1.82) is 0 Å². The van der Waals surface area contributed by atoms with Crippen LogP contribution < -0.4 is 0 Å². The Morgan fingerprint density at radius 1 is 1.57 bits per heavy atom. The normalized spacial score (nSPS) is 12.9. The lowest BCUT2D eigenvalue weighted by Crippen LogP contribution is -2.22. The highest BCUT2D eigenvalue weighted by atomic mass is 35.5. The Morgan fingerprint density at radius 3 is 2.50 bits per heavy atom. The molecule has 1 aliphatic rings. The fraction of sp³-hybridized carbons (Fsp3) is 0.778. The number of aliphatic imine (C=N–C) groups is 1. The molecule has 0 atom stereocenters. The summed E-state index contributed by atoms with van der Waals surface area (Å²) in [7, 11) is 0. The molecule has 0 radical (unpaired) electrons. The smallest absolute Gasteiger partial charge is 0.305 e. The molecule has 0 spiro atoms. The van der Waals surface area contributed by atoms with Gasteiger partial charge in [-0.25, -0.2) is 0 Å². The van der Waals surface area contributed by atoms with E-state index < -0.39 is 5.97 Å². The third-order valence-electron chi connectivity index (χ3n) is 1.37. The van der Waals surface area contributed by atoms with E-state index in [-0.39, 0.29) is 18.8 Å². The molecule has 0 saturated carbocycles. The van der Waals surface area contributed by atoms with Crippen molar-refractivity contribution in [2.24, 2.45) is 4.99 Å². The van der Waals surface area contributed by atoms with Crippen molar-refractivity contribution >= 4 is 24.7 Å². The minimum Gasteiger partial charge on any atom is -0.481 e. The first kappa shape index (κ1) is 15.7. The van der Waals surface area contributed by atoms with Crippen LogP contribution in [0.4, 0.5) is 0 Å². The predicted molar refractivity (Wildman–Crippen MR) is 60.4 cm³/mol. The van der Waals surface area contributed by atoms with Crippen LogP contribution in [0.1, 0.15) is 26.7 Å². The highest BCUT2D eigenvalue weighted by molar-refractivity contribution is 5.85. The predicted octanol–water partition coefficient (Wildman–Crippen LogP) is 1.64. The van der Waals surface area contributed by atoms with Gasteiger partial charge in [-0.05, 0) is 0 Å². The van der Waals surface area contributed by atoms with Gasteiger partial charge in [0.05, 0.1) is 19.3 Å². The highest BCUT2D eigenvalue weighted by Crippen LogP contribution is 1.94. The first-order valence-corrected chi connectivity index (χ1v) is 4.66. The molecule has 0 aliphatic carbocycles. The molecule has 1 aliphatic heterocycles. The van der Waals surface area contributed by atoms with Gasteiger partial charge in [0.1, 0.15) is 0 Å². The van der Waals surface area contributed by atoms with E-state index in [1.54, 1.807) is 6.34 Å². The largest absolute Gasteiger partial charge is 0.481 e. The molecule has 5 heteroatoms. The number of aliphatic carboxylic acids is 1. The number of halogens is 1. The molecule has 0 aromatic rings. The van der Waals surface area contributed by atoms with Crippen LogP contribution in [0.3, 0.4) is 0 Å². The van der Waals surface area contributed by atoms with Crippen LogP contribution in [0, 0.1) is 0 Å². The molecule has 14 heavy (non-hydrogen) atoms. The van der Waals surface area contributed by atoms with Gasteiger partial charge in [0.25, 0.3) is 0 Å². The second kappa shape index (κ2) is 10.3. The van der Waals surface area contributed by atoms with Crippen LogP contribution in [0.2, 0.25) is 0 Å². The Labute approximate surface area is 91.4 Å². The molecule has 0 bridgehead atoms. The SMILES string of the molecule is CCC.Cl.O=C(O)CCN1C=NCC1. The zero-order chi connectivity index (χ0) is 10.1. The molecular formula is C9H19ClN2O2. The van der Waals surface area contributed by atoms with Crippen LogP contribution in [0.15, 0.2) is 4.99 Å². The topological polar surface area (TPSA) is 52.9 Å². The molecule has 1 N–H and O–H groups in total. The standard InChI is InChI=1S/C6H10N2O2.C3H8.ClH/c9-6(10)1-3-8-4-2-7-5-8;1-3-2;/h5H,1-4H2,(H,9,10);3H2,1-2H3;1H. The van der Waals surface area contributed by atoms with Gasteiger partial charge in [-0.3, -0.25) is 9.79 Å². The van der Waals surface area contributed by atoms with E-state index in [2.05, 4.69) is 18.8 Å². The molecule has 4 nitrogen and oxygen atoms in total. The zero-order valence-electron chi connectivity index (χ0n) is 8.77. The van der Waals surface area contributed by atoms with Crippen molar-refractivity contribution in [2.45, 2.75) is 26.7 Å². The van der Waals surface area contributed by atoms with E-state index in [1.165, 1.54) is 6.42 Å². The number of rotatable bonds is 3. The molecular weight excluding hydrogens is 204 g/mol. The van der Waals surface area contributed by atoms with Gasteiger partial charge in [0.2, 0.25) is 0 Å². The average Bonchev–Trinajstić information content (AvgIpc) is 2.54. The molecule has 0 aromatic carbocycles. The monoisotopic (exact) mass is 222 g/mol. The summed E-state index contributed by atoms with van der Waals surface area (Å²) < 4.78 is 0. The fourth-order valence-corrected chi connectivity index (χ4v) is 0.826. The van der Waals surface area contributed by atoms with Gasteiger partial charge < -0.3 is 10.0 Å². The van der Waals surface area contributed by atoms with Crippen LogP contribution in [0.25, 0.3) is 0 Å². The summed E-state index contributed by atoms with van der Waals surface area (Å²) in [5.41, 5.74) is 0. The summed E-state index contributed by atoms with van der Waals surface area (Å²) in [6, 6.07) is 0. The first-order valence-electron chi connectivity index (χ1n) is 4.66. The Hall–Kier alpha value is -0.770. The summed E-state index contributed by atoms with van der Waals surface area (Å²) in [5, 5.41) is 8.30. The maximum atomic E-state index is 10.1. The molecule has 84 valence electrons. The summed E-state index contributed by atoms with van der Waals surface area (Å²) in [6.07, 6.45) is 3.16. The Morgan fingerprint density at radius 2 is 2.14 bits per heavy atom. The van der Waals surface area contributed by atoms with Crippen LogP contribution in [0.5, 0.6) is 0 Å². The summed E-state index contributed by atoms with van der Waals surface area (Å²) in [6.45, 7) is 6.51. The van der Waals surface area contributed by atoms with E-state index in [1.807, 2.05) is 4.90 Å². The van der Waals surface area contributed by atoms with Gasteiger partial charge in [-0.15, -0.1) is 12.4 Å². The molecule has 0 fully saturated rings. The van der Waals surface area contributed by atoms with Crippen LogP contribution in [-0.2, 0) is 4.79 Å². The maximum Gasteiger partial charge on any atom is 0.305 e. The fourth-order valence-electron chi connectivity index (χ4n) is 0.826. The number of nitrogens with zero attached hydrogens (tertiary/aromatic N) is 2. The van der Waals surface area contributed by atoms with E-state index in [4.69, 9.17) is 5.11 Å². The maximum absolute atomic E-state index is 10.1. The van der Waals surface area contributed by atoms with E-state index in [0.29, 0.717) is 6.54 Å². The number of carbonyl (C=O) groups is 1. The average molecular weight is 223 g/mol. The molecule has 0 amide bonds. The second-order valence-electron chi connectivity index (χ2n) is 2.91. The summed E-state index contributed by atoms with van der Waals surface area (Å²) in [4.78, 5) is 15.9. The Kier molecular flexibility index (Phi) is 11.6. The number of carboxylic acids is 1. The molecule has 0 saturated heterocycles. The molecule has 1 heterocycles. The lowest BCUT2D eigenvalue weighted by Gasteiger charge is -2.10. The third-order valence-corrected chi connectivity index (χ3v) is 1.37. The van der Waals surface area contributed by atoms with Crippen LogP contribution in [-0.4, -0.2) is 41.9 Å². The number of hydrogen-bond acceptors (Lipinski definition) is 3. The Bertz CT molecular complexity index is 174. The summed E-state index contributed by atoms with van der Waals surface area (Å²) >= 11 is 0. The van der Waals surface area contributed by atoms with Crippen molar-refractivity contribution in [2.75, 3.05) is 19.6 Å². The van der Waals surface area contributed by atoms with E-state index in [0.717, 1.165) is 13.1 Å². The van der Waals surface area contributed by atoms with Crippen molar-refractivity contribution in [3.63, 3.8) is 0 Å². The lowest BCUT2D eigenvalue weighted by molar-refractivity contribution is -0.137. The molecule has 0 unspecified atom stereocenters. The first-order chi connectivity index (χ1) is 6.20. The minimum absolute atomic E-state index is 0. The Balaban J connectivity index is 0. The molecule has 0 aromatic heterocycles. The van der Waals surface area contributed by atoms with Gasteiger partial charge >= 0.3 is 5.97 Å². The van der Waals surface area contributed by atoms with Gasteiger partial charge in [0, 0.05) is 13.1 Å². The zero-order valence-corrected chi connectivity index (χ0v) is 9.59. The van der Waals surface area contributed by atoms with Gasteiger partial charge in [0.15, 0.2) is 0 Å².